The SMILES string of the molecule is C=C1C(=O)OC(CCCCCCC)C1(C)C(=O)O. The van der Waals surface area contributed by atoms with Gasteiger partial charge in [-0.05, 0) is 19.8 Å². The number of rotatable bonds is 7. The van der Waals surface area contributed by atoms with Crippen molar-refractivity contribution in [3.05, 3.63) is 12.2 Å². The van der Waals surface area contributed by atoms with Crippen molar-refractivity contribution in [1.82, 2.24) is 0 Å². The van der Waals surface area contributed by atoms with Gasteiger partial charge in [-0.25, -0.2) is 4.79 Å². The standard InChI is InChI=1S/C14H22O4/c1-4-5-6-7-8-9-11-14(3,13(16)17)10(2)12(15)18-11/h11H,2,4-9H2,1,3H3,(H,16,17). The lowest BCUT2D eigenvalue weighted by Crippen LogP contribution is -2.37. The number of aliphatic carboxylic acids is 1. The predicted molar refractivity (Wildman–Crippen MR) is 68.1 cm³/mol. The molecule has 0 spiro atoms. The number of ether oxygens (including phenoxy) is 1. The molecular weight excluding hydrogens is 232 g/mol. The average Bonchev–Trinajstić information content (AvgIpc) is 2.55. The monoisotopic (exact) mass is 254 g/mol. The van der Waals surface area contributed by atoms with E-state index in [9.17, 15) is 14.7 Å². The lowest BCUT2D eigenvalue weighted by molar-refractivity contribution is -0.151. The second kappa shape index (κ2) is 6.03. The Morgan fingerprint density at radius 1 is 1.39 bits per heavy atom. The minimum absolute atomic E-state index is 0.0635. The minimum atomic E-state index is -1.26. The van der Waals surface area contributed by atoms with Crippen LogP contribution in [0.4, 0.5) is 0 Å². The number of carboxylic acids is 1. The van der Waals surface area contributed by atoms with Crippen LogP contribution in [0.2, 0.25) is 0 Å². The molecule has 0 aliphatic carbocycles. The quantitative estimate of drug-likeness (QED) is 0.431. The van der Waals surface area contributed by atoms with Gasteiger partial charge in [-0.15, -0.1) is 0 Å². The van der Waals surface area contributed by atoms with Crippen molar-refractivity contribution in [3.8, 4) is 0 Å². The maximum atomic E-state index is 11.5. The molecule has 4 nitrogen and oxygen atoms in total. The summed E-state index contributed by atoms with van der Waals surface area (Å²) in [6.07, 6.45) is 5.45. The Hall–Kier alpha value is -1.32. The van der Waals surface area contributed by atoms with E-state index in [4.69, 9.17) is 4.74 Å². The van der Waals surface area contributed by atoms with Crippen LogP contribution in [0.15, 0.2) is 12.2 Å². The molecule has 0 amide bonds. The minimum Gasteiger partial charge on any atom is -0.480 e. The van der Waals surface area contributed by atoms with Gasteiger partial charge in [0.25, 0.3) is 0 Å². The van der Waals surface area contributed by atoms with E-state index in [-0.39, 0.29) is 5.57 Å². The molecule has 0 aromatic heterocycles. The lowest BCUT2D eigenvalue weighted by Gasteiger charge is -2.24. The molecule has 1 aliphatic heterocycles. The van der Waals surface area contributed by atoms with Crippen LogP contribution in [0.1, 0.15) is 52.4 Å². The van der Waals surface area contributed by atoms with Gasteiger partial charge in [0.05, 0.1) is 5.57 Å². The van der Waals surface area contributed by atoms with Crippen LogP contribution >= 0.6 is 0 Å². The molecule has 102 valence electrons. The van der Waals surface area contributed by atoms with E-state index in [1.54, 1.807) is 0 Å². The van der Waals surface area contributed by atoms with Crippen molar-refractivity contribution in [1.29, 1.82) is 0 Å². The third-order valence-corrected chi connectivity index (χ3v) is 3.78. The molecule has 2 unspecified atom stereocenters. The summed E-state index contributed by atoms with van der Waals surface area (Å²) in [7, 11) is 0. The molecule has 1 rings (SSSR count). The second-order valence-electron chi connectivity index (χ2n) is 5.08. The number of unbranched alkanes of at least 4 members (excludes halogenated alkanes) is 4. The largest absolute Gasteiger partial charge is 0.480 e. The lowest BCUT2D eigenvalue weighted by atomic mass is 9.78. The predicted octanol–water partition coefficient (Wildman–Crippen LogP) is 2.92. The van der Waals surface area contributed by atoms with Crippen LogP contribution in [-0.2, 0) is 14.3 Å². The summed E-state index contributed by atoms with van der Waals surface area (Å²) in [5, 5.41) is 9.28. The highest BCUT2D eigenvalue weighted by Gasteiger charge is 2.54. The number of cyclic esters (lactones) is 1. The molecule has 2 atom stereocenters. The Labute approximate surface area is 108 Å². The van der Waals surface area contributed by atoms with E-state index >= 15 is 0 Å². The normalized spacial score (nSPS) is 27.3. The fraction of sp³-hybridized carbons (Fsp3) is 0.714. The summed E-state index contributed by atoms with van der Waals surface area (Å²) in [6, 6.07) is 0. The number of esters is 1. The summed E-state index contributed by atoms with van der Waals surface area (Å²) in [5.41, 5.74) is -1.20. The summed E-state index contributed by atoms with van der Waals surface area (Å²) in [4.78, 5) is 22.8. The van der Waals surface area contributed by atoms with E-state index in [2.05, 4.69) is 13.5 Å². The second-order valence-corrected chi connectivity index (χ2v) is 5.08. The van der Waals surface area contributed by atoms with Crippen LogP contribution in [0.25, 0.3) is 0 Å². The van der Waals surface area contributed by atoms with Gasteiger partial charge in [0.2, 0.25) is 0 Å². The molecule has 4 heteroatoms. The first-order valence-corrected chi connectivity index (χ1v) is 6.58. The van der Waals surface area contributed by atoms with Crippen LogP contribution < -0.4 is 0 Å². The molecule has 1 aliphatic rings. The molecular formula is C14H22O4. The van der Waals surface area contributed by atoms with E-state index in [1.165, 1.54) is 19.8 Å². The van der Waals surface area contributed by atoms with E-state index < -0.39 is 23.5 Å². The Kier molecular flexibility index (Phi) is 4.93. The maximum absolute atomic E-state index is 11.5. The van der Waals surface area contributed by atoms with Crippen molar-refractivity contribution in [2.24, 2.45) is 5.41 Å². The molecule has 0 radical (unpaired) electrons. The van der Waals surface area contributed by atoms with Crippen LogP contribution in [0.5, 0.6) is 0 Å². The number of carbonyl (C=O) groups is 2. The van der Waals surface area contributed by atoms with Gasteiger partial charge in [0.15, 0.2) is 0 Å². The van der Waals surface area contributed by atoms with Crippen molar-refractivity contribution in [2.45, 2.75) is 58.5 Å². The van der Waals surface area contributed by atoms with Crippen LogP contribution in [0, 0.1) is 5.41 Å². The number of carboxylic acid groups (broad SMARTS) is 1. The Morgan fingerprint density at radius 2 is 2.00 bits per heavy atom. The molecule has 0 bridgehead atoms. The zero-order chi connectivity index (χ0) is 13.8. The zero-order valence-corrected chi connectivity index (χ0v) is 11.2. The van der Waals surface area contributed by atoms with E-state index in [0.717, 1.165) is 19.3 Å². The van der Waals surface area contributed by atoms with Crippen LogP contribution in [-0.4, -0.2) is 23.1 Å². The Balaban J connectivity index is 2.56. The van der Waals surface area contributed by atoms with Crippen molar-refractivity contribution < 1.29 is 19.4 Å². The summed E-state index contributed by atoms with van der Waals surface area (Å²) in [6.45, 7) is 7.23. The first-order valence-electron chi connectivity index (χ1n) is 6.58. The summed E-state index contributed by atoms with van der Waals surface area (Å²) >= 11 is 0. The molecule has 1 heterocycles. The number of hydrogen-bond acceptors (Lipinski definition) is 3. The van der Waals surface area contributed by atoms with Gasteiger partial charge < -0.3 is 9.84 Å². The van der Waals surface area contributed by atoms with Crippen LogP contribution in [0.3, 0.4) is 0 Å². The first kappa shape index (κ1) is 14.7. The molecule has 1 fully saturated rings. The van der Waals surface area contributed by atoms with Gasteiger partial charge >= 0.3 is 11.9 Å². The highest BCUT2D eigenvalue weighted by molar-refractivity contribution is 6.00. The van der Waals surface area contributed by atoms with Crippen molar-refractivity contribution in [2.75, 3.05) is 0 Å². The first-order chi connectivity index (χ1) is 8.44. The van der Waals surface area contributed by atoms with E-state index in [0.29, 0.717) is 6.42 Å². The highest BCUT2D eigenvalue weighted by Crippen LogP contribution is 2.41. The smallest absolute Gasteiger partial charge is 0.335 e. The summed E-state index contributed by atoms with van der Waals surface area (Å²) < 4.78 is 5.14. The fourth-order valence-corrected chi connectivity index (χ4v) is 2.27. The Bertz CT molecular complexity index is 348. The molecule has 1 N–H and O–H groups in total. The Morgan fingerprint density at radius 3 is 2.56 bits per heavy atom. The third kappa shape index (κ3) is 2.74. The number of carbonyl (C=O) groups excluding carboxylic acids is 1. The highest BCUT2D eigenvalue weighted by atomic mass is 16.6. The molecule has 0 saturated carbocycles. The number of hydrogen-bond donors (Lipinski definition) is 1. The van der Waals surface area contributed by atoms with Gasteiger partial charge in [-0.2, -0.15) is 0 Å². The third-order valence-electron chi connectivity index (χ3n) is 3.78. The summed E-state index contributed by atoms with van der Waals surface area (Å²) in [5.74, 6) is -1.60. The van der Waals surface area contributed by atoms with Gasteiger partial charge in [0.1, 0.15) is 11.5 Å². The topological polar surface area (TPSA) is 63.6 Å². The maximum Gasteiger partial charge on any atom is 0.335 e. The molecule has 0 aromatic rings. The molecule has 1 saturated heterocycles. The van der Waals surface area contributed by atoms with Gasteiger partial charge in [0, 0.05) is 0 Å². The van der Waals surface area contributed by atoms with E-state index in [1.807, 2.05) is 0 Å². The molecule has 0 aromatic carbocycles. The zero-order valence-electron chi connectivity index (χ0n) is 11.2. The molecule has 18 heavy (non-hydrogen) atoms. The van der Waals surface area contributed by atoms with Gasteiger partial charge in [-0.1, -0.05) is 39.2 Å². The average molecular weight is 254 g/mol. The van der Waals surface area contributed by atoms with Gasteiger partial charge in [-0.3, -0.25) is 4.79 Å². The fourth-order valence-electron chi connectivity index (χ4n) is 2.27. The van der Waals surface area contributed by atoms with Crippen molar-refractivity contribution >= 4 is 11.9 Å². The van der Waals surface area contributed by atoms with Crippen molar-refractivity contribution in [3.63, 3.8) is 0 Å².